The van der Waals surface area contributed by atoms with E-state index in [4.69, 9.17) is 0 Å². The van der Waals surface area contributed by atoms with Crippen molar-refractivity contribution < 1.29 is 9.59 Å². The van der Waals surface area contributed by atoms with Gasteiger partial charge in [-0.25, -0.2) is 4.79 Å². The van der Waals surface area contributed by atoms with Crippen LogP contribution >= 0.6 is 15.9 Å². The minimum absolute atomic E-state index is 0.246. The van der Waals surface area contributed by atoms with Crippen molar-refractivity contribution in [2.24, 2.45) is 0 Å². The van der Waals surface area contributed by atoms with Crippen LogP contribution in [0.5, 0.6) is 0 Å². The molecule has 0 spiro atoms. The lowest BCUT2D eigenvalue weighted by molar-refractivity contribution is -0.113. The van der Waals surface area contributed by atoms with Gasteiger partial charge in [0.05, 0.1) is 11.6 Å². The van der Waals surface area contributed by atoms with E-state index in [1.54, 1.807) is 6.92 Å². The predicted molar refractivity (Wildman–Crippen MR) is 106 cm³/mol. The number of allylic oxidation sites excluding steroid dienone is 1. The van der Waals surface area contributed by atoms with Crippen LogP contribution in [0.4, 0.5) is 10.5 Å². The van der Waals surface area contributed by atoms with E-state index < -0.39 is 6.04 Å². The molecular weight excluding hydrogens is 394 g/mol. The summed E-state index contributed by atoms with van der Waals surface area (Å²) in [6, 6.07) is 12.6. The summed E-state index contributed by atoms with van der Waals surface area (Å²) >= 11 is 3.51. The van der Waals surface area contributed by atoms with Crippen LogP contribution in [-0.4, -0.2) is 11.9 Å². The summed E-state index contributed by atoms with van der Waals surface area (Å²) in [6.45, 7) is 5.66. The number of hydrogen-bond acceptors (Lipinski definition) is 2. The van der Waals surface area contributed by atoms with Gasteiger partial charge in [-0.15, -0.1) is 0 Å². The van der Waals surface area contributed by atoms with Crippen LogP contribution < -0.4 is 16.0 Å². The smallest absolute Gasteiger partial charge is 0.319 e. The SMILES string of the molecule is CC1=C(C(=O)Nc2cc(C)ccc2C)[C@H](c2ccccc2Br)NC(=O)N1. The van der Waals surface area contributed by atoms with Gasteiger partial charge in [0, 0.05) is 15.9 Å². The standard InChI is InChI=1S/C20H20BrN3O2/c1-11-8-9-12(2)16(10-11)23-19(25)17-13(3)22-20(26)24-18(17)14-6-4-5-7-15(14)21/h4-10,18H,1-3H3,(H,23,25)(H2,22,24,26)/t18-/m0/s1. The summed E-state index contributed by atoms with van der Waals surface area (Å²) in [4.78, 5) is 25.1. The Balaban J connectivity index is 2.00. The molecule has 1 atom stereocenters. The number of benzene rings is 2. The highest BCUT2D eigenvalue weighted by Crippen LogP contribution is 2.32. The van der Waals surface area contributed by atoms with Gasteiger partial charge in [0.1, 0.15) is 0 Å². The summed E-state index contributed by atoms with van der Waals surface area (Å²) in [7, 11) is 0. The molecule has 0 saturated heterocycles. The number of aryl methyl sites for hydroxylation is 2. The lowest BCUT2D eigenvalue weighted by atomic mass is 9.94. The molecule has 0 saturated carbocycles. The average Bonchev–Trinajstić information content (AvgIpc) is 2.57. The van der Waals surface area contributed by atoms with Gasteiger partial charge in [0.2, 0.25) is 0 Å². The number of rotatable bonds is 3. The maximum absolute atomic E-state index is 13.1. The van der Waals surface area contributed by atoms with Gasteiger partial charge in [-0.1, -0.05) is 46.3 Å². The molecule has 2 aromatic carbocycles. The number of carbonyl (C=O) groups is 2. The number of nitrogens with one attached hydrogen (secondary N) is 3. The molecule has 3 N–H and O–H groups in total. The zero-order chi connectivity index (χ0) is 18.8. The van der Waals surface area contributed by atoms with Crippen molar-refractivity contribution in [3.8, 4) is 0 Å². The van der Waals surface area contributed by atoms with Gasteiger partial charge >= 0.3 is 6.03 Å². The number of amides is 3. The Kier molecular flexibility index (Phi) is 5.13. The van der Waals surface area contributed by atoms with Gasteiger partial charge in [-0.2, -0.15) is 0 Å². The van der Waals surface area contributed by atoms with E-state index in [0.717, 1.165) is 26.9 Å². The minimum atomic E-state index is -0.538. The van der Waals surface area contributed by atoms with E-state index in [-0.39, 0.29) is 11.9 Å². The number of anilines is 1. The first-order chi connectivity index (χ1) is 12.4. The molecule has 2 aromatic rings. The maximum Gasteiger partial charge on any atom is 0.319 e. The van der Waals surface area contributed by atoms with Crippen LogP contribution in [0, 0.1) is 13.8 Å². The zero-order valence-electron chi connectivity index (χ0n) is 14.8. The van der Waals surface area contributed by atoms with Gasteiger partial charge < -0.3 is 16.0 Å². The molecule has 1 aliphatic rings. The third-order valence-electron chi connectivity index (χ3n) is 4.37. The van der Waals surface area contributed by atoms with Crippen molar-refractivity contribution in [1.82, 2.24) is 10.6 Å². The van der Waals surface area contributed by atoms with Crippen molar-refractivity contribution in [1.29, 1.82) is 0 Å². The quantitative estimate of drug-likeness (QED) is 0.700. The molecule has 3 rings (SSSR count). The summed E-state index contributed by atoms with van der Waals surface area (Å²) in [5.41, 5.74) is 4.65. The Morgan fingerprint density at radius 1 is 1.12 bits per heavy atom. The van der Waals surface area contributed by atoms with Crippen molar-refractivity contribution in [3.05, 3.63) is 74.9 Å². The lowest BCUT2D eigenvalue weighted by Gasteiger charge is -2.29. The third-order valence-corrected chi connectivity index (χ3v) is 5.09. The Hall–Kier alpha value is -2.60. The minimum Gasteiger partial charge on any atom is -0.327 e. The summed E-state index contributed by atoms with van der Waals surface area (Å²) < 4.78 is 0.831. The summed E-state index contributed by atoms with van der Waals surface area (Å²) in [6.07, 6.45) is 0. The van der Waals surface area contributed by atoms with Crippen LogP contribution in [0.15, 0.2) is 58.2 Å². The molecule has 6 heteroatoms. The highest BCUT2D eigenvalue weighted by atomic mass is 79.9. The third kappa shape index (κ3) is 3.65. The van der Waals surface area contributed by atoms with E-state index >= 15 is 0 Å². The Morgan fingerprint density at radius 3 is 2.58 bits per heavy atom. The molecule has 5 nitrogen and oxygen atoms in total. The van der Waals surface area contributed by atoms with Crippen molar-refractivity contribution in [2.75, 3.05) is 5.32 Å². The molecule has 26 heavy (non-hydrogen) atoms. The van der Waals surface area contributed by atoms with Crippen LogP contribution in [0.2, 0.25) is 0 Å². The zero-order valence-corrected chi connectivity index (χ0v) is 16.4. The average molecular weight is 414 g/mol. The molecule has 0 unspecified atom stereocenters. The van der Waals surface area contributed by atoms with E-state index in [1.807, 2.05) is 56.3 Å². The van der Waals surface area contributed by atoms with E-state index in [1.165, 1.54) is 0 Å². The van der Waals surface area contributed by atoms with E-state index in [2.05, 4.69) is 31.9 Å². The maximum atomic E-state index is 13.1. The number of halogens is 1. The first-order valence-electron chi connectivity index (χ1n) is 8.28. The first-order valence-corrected chi connectivity index (χ1v) is 9.07. The van der Waals surface area contributed by atoms with Crippen LogP contribution in [0.1, 0.15) is 29.7 Å². The fourth-order valence-corrected chi connectivity index (χ4v) is 3.51. The molecule has 0 aromatic heterocycles. The van der Waals surface area contributed by atoms with Crippen LogP contribution in [0.25, 0.3) is 0 Å². The fraction of sp³-hybridized carbons (Fsp3) is 0.200. The molecule has 0 aliphatic carbocycles. The van der Waals surface area contributed by atoms with Crippen molar-refractivity contribution in [3.63, 3.8) is 0 Å². The highest BCUT2D eigenvalue weighted by molar-refractivity contribution is 9.10. The van der Waals surface area contributed by atoms with Gasteiger partial charge in [-0.05, 0) is 49.6 Å². The van der Waals surface area contributed by atoms with E-state index in [0.29, 0.717) is 11.3 Å². The second-order valence-corrected chi connectivity index (χ2v) is 7.22. The largest absolute Gasteiger partial charge is 0.327 e. The number of carbonyl (C=O) groups excluding carboxylic acids is 2. The molecule has 1 aliphatic heterocycles. The first kappa shape index (κ1) is 18.2. The lowest BCUT2D eigenvalue weighted by Crippen LogP contribution is -2.46. The molecule has 0 fully saturated rings. The fourth-order valence-electron chi connectivity index (χ4n) is 3.00. The molecule has 1 heterocycles. The molecule has 134 valence electrons. The highest BCUT2D eigenvalue weighted by Gasteiger charge is 2.32. The van der Waals surface area contributed by atoms with Gasteiger partial charge in [0.25, 0.3) is 5.91 Å². The second kappa shape index (κ2) is 7.33. The normalized spacial score (nSPS) is 16.8. The summed E-state index contributed by atoms with van der Waals surface area (Å²) in [5.74, 6) is -0.246. The van der Waals surface area contributed by atoms with Crippen molar-refractivity contribution >= 4 is 33.6 Å². The number of urea groups is 1. The molecule has 0 bridgehead atoms. The number of hydrogen-bond donors (Lipinski definition) is 3. The van der Waals surface area contributed by atoms with E-state index in [9.17, 15) is 9.59 Å². The van der Waals surface area contributed by atoms with Crippen LogP contribution in [-0.2, 0) is 4.79 Å². The summed E-state index contributed by atoms with van der Waals surface area (Å²) in [5, 5.41) is 8.52. The van der Waals surface area contributed by atoms with Crippen molar-refractivity contribution in [2.45, 2.75) is 26.8 Å². The predicted octanol–water partition coefficient (Wildman–Crippen LogP) is 4.33. The van der Waals surface area contributed by atoms with Gasteiger partial charge in [0.15, 0.2) is 0 Å². The Labute approximate surface area is 161 Å². The topological polar surface area (TPSA) is 70.2 Å². The van der Waals surface area contributed by atoms with Gasteiger partial charge in [-0.3, -0.25) is 4.79 Å². The second-order valence-electron chi connectivity index (χ2n) is 6.36. The Bertz CT molecular complexity index is 921. The Morgan fingerprint density at radius 2 is 1.85 bits per heavy atom. The molecule has 3 amide bonds. The monoisotopic (exact) mass is 413 g/mol. The molecular formula is C20H20BrN3O2. The molecule has 0 radical (unpaired) electrons. The van der Waals surface area contributed by atoms with Crippen LogP contribution in [0.3, 0.4) is 0 Å².